The van der Waals surface area contributed by atoms with Crippen LogP contribution in [0.15, 0.2) is 50.8 Å². The zero-order valence-corrected chi connectivity index (χ0v) is 41.0. The van der Waals surface area contributed by atoms with Gasteiger partial charge in [-0.1, -0.05) is 44.0 Å². The Morgan fingerprint density at radius 2 is 1.61 bits per heavy atom. The second-order valence-electron chi connectivity index (χ2n) is 14.5. The summed E-state index contributed by atoms with van der Waals surface area (Å²) in [5.74, 6) is -1.68. The molecule has 1 atom stereocenters. The Morgan fingerprint density at radius 1 is 1.05 bits per heavy atom. The fourth-order valence-corrected chi connectivity index (χ4v) is 5.98. The molecule has 0 saturated carbocycles. The van der Waals surface area contributed by atoms with Crippen molar-refractivity contribution in [3.05, 3.63) is 68.6 Å². The summed E-state index contributed by atoms with van der Waals surface area (Å²) in [7, 11) is -2.56. The Labute approximate surface area is 382 Å². The first-order valence-corrected chi connectivity index (χ1v) is 24.6. The zero-order valence-electron chi connectivity index (χ0n) is 37.0. The van der Waals surface area contributed by atoms with Gasteiger partial charge in [-0.2, -0.15) is 23.1 Å². The van der Waals surface area contributed by atoms with Crippen molar-refractivity contribution in [3.8, 4) is 23.2 Å². The number of rotatable bonds is 13. The number of hydrogen-bond acceptors (Lipinski definition) is 17. The van der Waals surface area contributed by atoms with Gasteiger partial charge in [0.15, 0.2) is 5.03 Å². The number of sulfonamides is 1. The lowest BCUT2D eigenvalue weighted by Gasteiger charge is -2.14. The summed E-state index contributed by atoms with van der Waals surface area (Å²) < 4.78 is 58.6. The quantitative estimate of drug-likeness (QED) is 0.0949. The molecule has 3 aromatic heterocycles. The predicted molar refractivity (Wildman–Crippen MR) is 239 cm³/mol. The van der Waals surface area contributed by atoms with Gasteiger partial charge >= 0.3 is 17.8 Å². The van der Waals surface area contributed by atoms with Crippen molar-refractivity contribution in [2.45, 2.75) is 51.2 Å². The number of urea groups is 1. The van der Waals surface area contributed by atoms with E-state index < -0.39 is 59.1 Å². The van der Waals surface area contributed by atoms with Crippen LogP contribution in [0.4, 0.5) is 10.7 Å². The van der Waals surface area contributed by atoms with Crippen molar-refractivity contribution >= 4 is 75.6 Å². The minimum absolute atomic E-state index is 0.0642. The van der Waals surface area contributed by atoms with Crippen LogP contribution in [0, 0.1) is 0 Å². The molecule has 23 nitrogen and oxygen atoms in total. The standard InChI is InChI=1S/C15H18Cl2N2O3.C15H18N6O6S.C3H8NO5P.C3H9S/c1-8(2)21-12-7-11(9(16)6-10(12)17)19-14(20)22-13(18-19)15(3,4)5;1-21(2)13(22)9-6-5-7-16-12(9)28(24,25)20-15(23)19-14-17-10(26-3)8-11(18-14)27-4;5-3(6)1-4-2-10(7,8)9;1-4(2)3/h6-8H,1-5H3;5-8H,1-4H3,(H2,17,18,19,20,23);4H,1-2H2,(H,5,6)(H2,7,8,9);1-3H3/q;;;+1/p-1. The highest BCUT2D eigenvalue weighted by atomic mass is 35.5. The summed E-state index contributed by atoms with van der Waals surface area (Å²) in [4.78, 5) is 76.7. The Bertz CT molecular complexity index is 2400. The third-order valence-electron chi connectivity index (χ3n) is 6.58. The minimum Gasteiger partial charge on any atom is -0.778 e. The fraction of sp³-hybridized carbons (Fsp3) is 0.444. The zero-order chi connectivity index (χ0) is 49.3. The third-order valence-corrected chi connectivity index (χ3v) is 9.09. The van der Waals surface area contributed by atoms with Gasteiger partial charge in [-0.3, -0.25) is 20.2 Å². The molecular weight excluding hydrogens is 948 g/mol. The van der Waals surface area contributed by atoms with E-state index in [0.29, 0.717) is 33.2 Å². The van der Waals surface area contributed by atoms with E-state index in [-0.39, 0.29) is 39.8 Å². The van der Waals surface area contributed by atoms with E-state index in [9.17, 15) is 37.1 Å². The lowest BCUT2D eigenvalue weighted by atomic mass is 9.97. The molecule has 0 aliphatic rings. The Hall–Kier alpha value is -5.01. The molecule has 3 amide bonds. The van der Waals surface area contributed by atoms with E-state index in [1.807, 2.05) is 39.9 Å². The SMILES string of the molecule is CC(C)Oc1cc(-n2nc(C(C)(C)C)oc2=O)c(Cl)cc1Cl.COc1cc(OC)nc(NC(=O)NS(=O)(=O)c2ncccc2C(=O)N(C)C)n1.C[S+](C)C.O=C(O)CNCP(=O)([O-])O. The van der Waals surface area contributed by atoms with E-state index in [1.54, 1.807) is 10.8 Å². The van der Waals surface area contributed by atoms with Crippen LogP contribution in [-0.2, 0) is 35.7 Å². The highest BCUT2D eigenvalue weighted by molar-refractivity contribution is 7.94. The number of carbonyl (C=O) groups is 3. The number of ether oxygens (including phenoxy) is 3. The second-order valence-corrected chi connectivity index (χ2v) is 20.9. The molecule has 4 rings (SSSR count). The average molecular weight is 1000 g/mol. The number of nitrogens with one attached hydrogen (secondary N) is 3. The minimum atomic E-state index is -4.46. The summed E-state index contributed by atoms with van der Waals surface area (Å²) in [5, 5.41) is 16.4. The number of aliphatic carboxylic acids is 1. The van der Waals surface area contributed by atoms with Crippen molar-refractivity contribution < 1.29 is 60.9 Å². The molecule has 0 radical (unpaired) electrons. The molecule has 0 saturated heterocycles. The fourth-order valence-electron chi connectivity index (χ4n) is 4.04. The number of hydrogen-bond donors (Lipinski definition) is 5. The second kappa shape index (κ2) is 25.5. The molecule has 28 heteroatoms. The summed E-state index contributed by atoms with van der Waals surface area (Å²) in [6.45, 7) is 8.99. The number of nitrogens with zero attached hydrogens (tertiary/aromatic N) is 6. The van der Waals surface area contributed by atoms with Crippen LogP contribution in [0.5, 0.6) is 17.5 Å². The molecule has 3 heterocycles. The van der Waals surface area contributed by atoms with Crippen molar-refractivity contribution in [2.75, 3.05) is 65.2 Å². The van der Waals surface area contributed by atoms with Gasteiger partial charge in [0.25, 0.3) is 15.9 Å². The van der Waals surface area contributed by atoms with Gasteiger partial charge in [0, 0.05) is 31.8 Å². The van der Waals surface area contributed by atoms with E-state index >= 15 is 0 Å². The number of aromatic nitrogens is 5. The maximum Gasteiger partial charge on any atom is 0.442 e. The number of carboxylic acid groups (broad SMARTS) is 1. The van der Waals surface area contributed by atoms with Gasteiger partial charge in [0.2, 0.25) is 23.6 Å². The van der Waals surface area contributed by atoms with E-state index in [4.69, 9.17) is 51.8 Å². The molecule has 4 aromatic rings. The Balaban J connectivity index is 0.000000502. The Kier molecular flexibility index (Phi) is 22.7. The van der Waals surface area contributed by atoms with E-state index in [1.165, 1.54) is 63.7 Å². The van der Waals surface area contributed by atoms with Crippen LogP contribution < -0.4 is 40.2 Å². The summed E-state index contributed by atoms with van der Waals surface area (Å²) in [5.41, 5.74) is -0.210. The van der Waals surface area contributed by atoms with E-state index in [2.05, 4.69) is 44.1 Å². The molecule has 0 aliphatic heterocycles. The number of carboxylic acids is 1. The first-order valence-electron chi connectivity index (χ1n) is 18.1. The molecular formula is C36H52Cl2N9O14PS2. The van der Waals surface area contributed by atoms with Crippen LogP contribution in [0.1, 0.15) is 50.9 Å². The first-order chi connectivity index (χ1) is 29.4. The summed E-state index contributed by atoms with van der Waals surface area (Å²) >= 11 is 12.3. The molecule has 0 bridgehead atoms. The number of methoxy groups -OCH3 is 2. The molecule has 64 heavy (non-hydrogen) atoms. The number of halogens is 2. The number of pyridine rings is 1. The predicted octanol–water partition coefficient (Wildman–Crippen LogP) is 2.98. The lowest BCUT2D eigenvalue weighted by molar-refractivity contribution is -0.193. The maximum absolute atomic E-state index is 12.5. The van der Waals surface area contributed by atoms with Gasteiger partial charge in [-0.25, -0.2) is 19.3 Å². The van der Waals surface area contributed by atoms with Crippen LogP contribution in [-0.4, -0.2) is 132 Å². The molecule has 1 aromatic carbocycles. The molecule has 1 unspecified atom stereocenters. The van der Waals surface area contributed by atoms with Crippen LogP contribution in [0.2, 0.25) is 10.0 Å². The van der Waals surface area contributed by atoms with E-state index in [0.717, 1.165) is 4.68 Å². The smallest absolute Gasteiger partial charge is 0.442 e. The number of benzene rings is 1. The monoisotopic (exact) mass is 999 g/mol. The normalized spacial score (nSPS) is 11.9. The average Bonchev–Trinajstić information content (AvgIpc) is 3.56. The van der Waals surface area contributed by atoms with Crippen molar-refractivity contribution in [1.82, 2.24) is 39.7 Å². The number of carbonyl (C=O) groups excluding carboxylic acids is 2. The summed E-state index contributed by atoms with van der Waals surface area (Å²) in [6.07, 6.45) is 7.00. The van der Waals surface area contributed by atoms with Crippen molar-refractivity contribution in [3.63, 3.8) is 0 Å². The van der Waals surface area contributed by atoms with Crippen molar-refractivity contribution in [1.29, 1.82) is 0 Å². The molecule has 0 aliphatic carbocycles. The van der Waals surface area contributed by atoms with Crippen LogP contribution >= 0.6 is 30.8 Å². The van der Waals surface area contributed by atoms with Gasteiger partial charge < -0.3 is 43.0 Å². The Morgan fingerprint density at radius 3 is 2.06 bits per heavy atom. The van der Waals surface area contributed by atoms with Gasteiger partial charge in [0.1, 0.15) is 13.3 Å². The third kappa shape index (κ3) is 20.2. The molecule has 5 N–H and O–H groups in total. The van der Waals surface area contributed by atoms with Gasteiger partial charge in [-0.05, 0) is 42.9 Å². The van der Waals surface area contributed by atoms with Crippen LogP contribution in [0.3, 0.4) is 0 Å². The highest BCUT2D eigenvalue weighted by Crippen LogP contribution is 2.33. The van der Waals surface area contributed by atoms with Gasteiger partial charge in [-0.15, -0.1) is 5.10 Å². The van der Waals surface area contributed by atoms with Crippen molar-refractivity contribution in [2.24, 2.45) is 0 Å². The largest absolute Gasteiger partial charge is 0.778 e. The lowest BCUT2D eigenvalue weighted by Crippen LogP contribution is -2.36. The first kappa shape index (κ1) is 57.0. The number of anilines is 1. The maximum atomic E-state index is 12.5. The molecule has 356 valence electrons. The topological polar surface area (TPSA) is 320 Å². The summed E-state index contributed by atoms with van der Waals surface area (Å²) in [6, 6.07) is 6.01. The number of amides is 3. The molecule has 0 spiro atoms. The van der Waals surface area contributed by atoms with Crippen LogP contribution in [0.25, 0.3) is 5.69 Å². The molecule has 0 fully saturated rings. The highest BCUT2D eigenvalue weighted by Gasteiger charge is 2.28. The van der Waals surface area contributed by atoms with Gasteiger partial charge in [0.05, 0.1) is 79.3 Å².